The van der Waals surface area contributed by atoms with E-state index < -0.39 is 11.9 Å². The van der Waals surface area contributed by atoms with Crippen LogP contribution in [-0.4, -0.2) is 18.9 Å². The van der Waals surface area contributed by atoms with Crippen molar-refractivity contribution < 1.29 is 14.3 Å². The van der Waals surface area contributed by atoms with Gasteiger partial charge in [-0.25, -0.2) is 0 Å². The van der Waals surface area contributed by atoms with Crippen molar-refractivity contribution >= 4 is 23.4 Å². The maximum absolute atomic E-state index is 12.0. The van der Waals surface area contributed by atoms with E-state index in [1.807, 2.05) is 0 Å². The Balaban J connectivity index is 3.01. The van der Waals surface area contributed by atoms with Gasteiger partial charge in [0.25, 0.3) is 0 Å². The third kappa shape index (κ3) is 2.61. The van der Waals surface area contributed by atoms with Crippen molar-refractivity contribution in [3.8, 4) is 0 Å². The van der Waals surface area contributed by atoms with Gasteiger partial charge in [-0.15, -0.1) is 0 Å². The fourth-order valence-electron chi connectivity index (χ4n) is 1.45. The van der Waals surface area contributed by atoms with Gasteiger partial charge in [0, 0.05) is 5.56 Å². The molecule has 1 aromatic rings. The number of methoxy groups -OCH3 is 1. The van der Waals surface area contributed by atoms with E-state index in [2.05, 4.69) is 4.74 Å². The first kappa shape index (κ1) is 12.7. The molecule has 0 aliphatic carbocycles. The van der Waals surface area contributed by atoms with Crippen molar-refractivity contribution in [1.82, 2.24) is 0 Å². The molecule has 0 aliphatic heterocycles. The summed E-state index contributed by atoms with van der Waals surface area (Å²) in [5.74, 6) is -1.59. The van der Waals surface area contributed by atoms with Crippen LogP contribution in [0.2, 0.25) is 5.02 Å². The Labute approximate surface area is 99.4 Å². The molecular formula is C12H13ClO3. The van der Waals surface area contributed by atoms with Crippen LogP contribution in [-0.2, 0) is 9.53 Å². The maximum atomic E-state index is 12.0. The third-order valence-corrected chi connectivity index (χ3v) is 2.68. The molecule has 16 heavy (non-hydrogen) atoms. The normalized spacial score (nSPS) is 11.9. The van der Waals surface area contributed by atoms with E-state index >= 15 is 0 Å². The van der Waals surface area contributed by atoms with Gasteiger partial charge in [-0.3, -0.25) is 9.59 Å². The molecule has 0 saturated heterocycles. The molecule has 3 nitrogen and oxygen atoms in total. The monoisotopic (exact) mass is 240 g/mol. The van der Waals surface area contributed by atoms with Crippen LogP contribution in [0.3, 0.4) is 0 Å². The van der Waals surface area contributed by atoms with Crippen LogP contribution in [0.4, 0.5) is 0 Å². The fourth-order valence-corrected chi connectivity index (χ4v) is 1.68. The first-order valence-corrected chi connectivity index (χ1v) is 5.36. The number of hydrogen-bond donors (Lipinski definition) is 0. The minimum Gasteiger partial charge on any atom is -0.468 e. The number of ether oxygens (including phenoxy) is 1. The highest BCUT2D eigenvalue weighted by Crippen LogP contribution is 2.21. The number of rotatable bonds is 4. The van der Waals surface area contributed by atoms with Crippen LogP contribution in [0.15, 0.2) is 24.3 Å². The second kappa shape index (κ2) is 5.66. The first-order chi connectivity index (χ1) is 7.61. The summed E-state index contributed by atoms with van der Waals surface area (Å²) >= 11 is 5.90. The average molecular weight is 241 g/mol. The van der Waals surface area contributed by atoms with E-state index in [1.54, 1.807) is 31.2 Å². The van der Waals surface area contributed by atoms with Gasteiger partial charge in [0.1, 0.15) is 5.92 Å². The zero-order chi connectivity index (χ0) is 12.1. The summed E-state index contributed by atoms with van der Waals surface area (Å²) in [6.45, 7) is 1.76. The topological polar surface area (TPSA) is 43.4 Å². The van der Waals surface area contributed by atoms with Crippen molar-refractivity contribution in [2.24, 2.45) is 5.92 Å². The Hall–Kier alpha value is -1.35. The standard InChI is InChI=1S/C12H13ClO3/c1-3-8(12(15)16-2)11(14)9-6-4-5-7-10(9)13/h4-8H,3H2,1-2H3. The molecule has 86 valence electrons. The van der Waals surface area contributed by atoms with Crippen molar-refractivity contribution in [3.63, 3.8) is 0 Å². The number of ketones is 1. The maximum Gasteiger partial charge on any atom is 0.316 e. The van der Waals surface area contributed by atoms with E-state index in [0.29, 0.717) is 17.0 Å². The summed E-state index contributed by atoms with van der Waals surface area (Å²) in [7, 11) is 1.27. The highest BCUT2D eigenvalue weighted by atomic mass is 35.5. The third-order valence-electron chi connectivity index (χ3n) is 2.35. The Kier molecular flexibility index (Phi) is 4.50. The van der Waals surface area contributed by atoms with Crippen LogP contribution < -0.4 is 0 Å². The van der Waals surface area contributed by atoms with E-state index in [-0.39, 0.29) is 5.78 Å². The molecule has 0 aliphatic rings. The molecule has 0 heterocycles. The van der Waals surface area contributed by atoms with Gasteiger partial charge in [0.15, 0.2) is 5.78 Å². The molecule has 4 heteroatoms. The minimum absolute atomic E-state index is 0.292. The predicted molar refractivity (Wildman–Crippen MR) is 61.6 cm³/mol. The Morgan fingerprint density at radius 1 is 1.38 bits per heavy atom. The Morgan fingerprint density at radius 2 is 2.00 bits per heavy atom. The Bertz CT molecular complexity index is 401. The molecular weight excluding hydrogens is 228 g/mol. The van der Waals surface area contributed by atoms with Gasteiger partial charge in [0.2, 0.25) is 0 Å². The zero-order valence-electron chi connectivity index (χ0n) is 9.20. The highest BCUT2D eigenvalue weighted by Gasteiger charge is 2.27. The zero-order valence-corrected chi connectivity index (χ0v) is 9.95. The van der Waals surface area contributed by atoms with Crippen molar-refractivity contribution in [3.05, 3.63) is 34.9 Å². The average Bonchev–Trinajstić information content (AvgIpc) is 2.30. The fraction of sp³-hybridized carbons (Fsp3) is 0.333. The number of esters is 1. The molecule has 0 amide bonds. The quantitative estimate of drug-likeness (QED) is 0.462. The lowest BCUT2D eigenvalue weighted by molar-refractivity contribution is -0.143. The molecule has 0 aromatic heterocycles. The van der Waals surface area contributed by atoms with E-state index in [9.17, 15) is 9.59 Å². The van der Waals surface area contributed by atoms with E-state index in [4.69, 9.17) is 11.6 Å². The number of carbonyl (C=O) groups excluding carboxylic acids is 2. The number of hydrogen-bond acceptors (Lipinski definition) is 3. The number of carbonyl (C=O) groups is 2. The summed E-state index contributed by atoms with van der Waals surface area (Å²) in [5.41, 5.74) is 0.362. The summed E-state index contributed by atoms with van der Waals surface area (Å²) < 4.78 is 4.58. The minimum atomic E-state index is -0.773. The van der Waals surface area contributed by atoms with Gasteiger partial charge in [-0.1, -0.05) is 30.7 Å². The molecule has 0 fully saturated rings. The molecule has 0 radical (unpaired) electrons. The molecule has 1 aromatic carbocycles. The van der Waals surface area contributed by atoms with Crippen LogP contribution >= 0.6 is 11.6 Å². The second-order valence-electron chi connectivity index (χ2n) is 3.33. The summed E-state index contributed by atoms with van der Waals surface area (Å²) in [4.78, 5) is 23.4. The lowest BCUT2D eigenvalue weighted by Gasteiger charge is -2.11. The van der Waals surface area contributed by atoms with Crippen LogP contribution in [0.25, 0.3) is 0 Å². The SMILES string of the molecule is CCC(C(=O)OC)C(=O)c1ccccc1Cl. The number of benzene rings is 1. The van der Waals surface area contributed by atoms with E-state index in [0.717, 1.165) is 0 Å². The first-order valence-electron chi connectivity index (χ1n) is 4.98. The molecule has 1 rings (SSSR count). The predicted octanol–water partition coefficient (Wildman–Crippen LogP) is 2.72. The molecule has 1 atom stereocenters. The lowest BCUT2D eigenvalue weighted by atomic mass is 9.95. The van der Waals surface area contributed by atoms with Gasteiger partial charge in [-0.05, 0) is 18.6 Å². The van der Waals surface area contributed by atoms with Crippen molar-refractivity contribution in [2.45, 2.75) is 13.3 Å². The van der Waals surface area contributed by atoms with Gasteiger partial charge in [0.05, 0.1) is 12.1 Å². The lowest BCUT2D eigenvalue weighted by Crippen LogP contribution is -2.25. The summed E-state index contributed by atoms with van der Waals surface area (Å²) in [5, 5.41) is 0.356. The van der Waals surface area contributed by atoms with Crippen LogP contribution in [0.5, 0.6) is 0 Å². The van der Waals surface area contributed by atoms with Gasteiger partial charge >= 0.3 is 5.97 Å². The molecule has 0 saturated carbocycles. The molecule has 1 unspecified atom stereocenters. The van der Waals surface area contributed by atoms with Crippen molar-refractivity contribution in [2.75, 3.05) is 7.11 Å². The highest BCUT2D eigenvalue weighted by molar-refractivity contribution is 6.34. The Morgan fingerprint density at radius 3 is 2.50 bits per heavy atom. The van der Waals surface area contributed by atoms with Gasteiger partial charge in [-0.2, -0.15) is 0 Å². The van der Waals surface area contributed by atoms with Gasteiger partial charge < -0.3 is 4.74 Å². The van der Waals surface area contributed by atoms with Crippen LogP contribution in [0.1, 0.15) is 23.7 Å². The van der Waals surface area contributed by atoms with E-state index in [1.165, 1.54) is 7.11 Å². The summed E-state index contributed by atoms with van der Waals surface area (Å²) in [6.07, 6.45) is 0.400. The second-order valence-corrected chi connectivity index (χ2v) is 3.74. The summed E-state index contributed by atoms with van der Waals surface area (Å²) in [6, 6.07) is 6.68. The molecule has 0 N–H and O–H groups in total. The molecule has 0 bridgehead atoms. The number of Topliss-reactive ketones (excluding diaryl/α,β-unsaturated/α-hetero) is 1. The largest absolute Gasteiger partial charge is 0.468 e. The number of halogens is 1. The van der Waals surface area contributed by atoms with Crippen molar-refractivity contribution in [1.29, 1.82) is 0 Å². The van der Waals surface area contributed by atoms with Crippen LogP contribution in [0, 0.1) is 5.92 Å². The smallest absolute Gasteiger partial charge is 0.316 e. The molecule has 0 spiro atoms.